The average molecular weight is 366 g/mol. The lowest BCUT2D eigenvalue weighted by Crippen LogP contribution is -2.31. The smallest absolute Gasteiger partial charge is 0.248 e. The SMILES string of the molecule is CC1=C(C(N)=O)[C@H](c2ccccc2)n2nc(-c3cccc(Cl)c3)nc2N1. The van der Waals surface area contributed by atoms with Crippen molar-refractivity contribution in [2.75, 3.05) is 5.32 Å². The second kappa shape index (κ2) is 6.31. The minimum Gasteiger partial charge on any atom is -0.366 e. The maximum absolute atomic E-state index is 12.1. The number of allylic oxidation sites excluding steroid dienone is 1. The summed E-state index contributed by atoms with van der Waals surface area (Å²) < 4.78 is 1.69. The molecule has 0 bridgehead atoms. The van der Waals surface area contributed by atoms with Gasteiger partial charge in [-0.25, -0.2) is 4.68 Å². The van der Waals surface area contributed by atoms with Crippen LogP contribution in [0, 0.1) is 0 Å². The molecule has 0 saturated carbocycles. The highest BCUT2D eigenvalue weighted by Crippen LogP contribution is 2.36. The van der Waals surface area contributed by atoms with E-state index < -0.39 is 11.9 Å². The molecule has 0 fully saturated rings. The fourth-order valence-electron chi connectivity index (χ4n) is 3.16. The number of carbonyl (C=O) groups is 1. The quantitative estimate of drug-likeness (QED) is 0.745. The van der Waals surface area contributed by atoms with E-state index >= 15 is 0 Å². The predicted molar refractivity (Wildman–Crippen MR) is 101 cm³/mol. The zero-order valence-corrected chi connectivity index (χ0v) is 14.7. The molecule has 1 atom stereocenters. The summed E-state index contributed by atoms with van der Waals surface area (Å²) in [5, 5.41) is 8.37. The van der Waals surface area contributed by atoms with Gasteiger partial charge in [0, 0.05) is 16.3 Å². The maximum atomic E-state index is 12.1. The van der Waals surface area contributed by atoms with E-state index in [9.17, 15) is 4.79 Å². The molecular formula is C19H16ClN5O. The number of nitrogens with zero attached hydrogens (tertiary/aromatic N) is 3. The number of hydrogen-bond acceptors (Lipinski definition) is 4. The van der Waals surface area contributed by atoms with Gasteiger partial charge in [0.05, 0.1) is 5.57 Å². The van der Waals surface area contributed by atoms with Crippen LogP contribution in [0.1, 0.15) is 18.5 Å². The highest BCUT2D eigenvalue weighted by molar-refractivity contribution is 6.30. The number of hydrogen-bond donors (Lipinski definition) is 2. The Bertz CT molecular complexity index is 1030. The minimum absolute atomic E-state index is 0.439. The van der Waals surface area contributed by atoms with Crippen molar-refractivity contribution in [2.45, 2.75) is 13.0 Å². The number of halogens is 1. The van der Waals surface area contributed by atoms with Crippen molar-refractivity contribution in [3.05, 3.63) is 76.5 Å². The summed E-state index contributed by atoms with van der Waals surface area (Å²) in [6, 6.07) is 16.5. The standard InChI is InChI=1S/C19H16ClN5O/c1-11-15(17(21)26)16(12-6-3-2-4-7-12)25-19(22-11)23-18(24-25)13-8-5-9-14(20)10-13/h2-10,16H,1H3,(H2,21,26)(H,22,23,24)/t16-/m0/s1. The normalized spacial score (nSPS) is 16.2. The zero-order chi connectivity index (χ0) is 18.3. The van der Waals surface area contributed by atoms with Gasteiger partial charge in [-0.05, 0) is 24.6 Å². The Balaban J connectivity index is 1.89. The second-order valence-electron chi connectivity index (χ2n) is 6.06. The molecule has 130 valence electrons. The van der Waals surface area contributed by atoms with Crippen LogP contribution in [-0.4, -0.2) is 20.7 Å². The highest BCUT2D eigenvalue weighted by atomic mass is 35.5. The lowest BCUT2D eigenvalue weighted by molar-refractivity contribution is -0.115. The summed E-state index contributed by atoms with van der Waals surface area (Å²) in [6.45, 7) is 1.81. The Kier molecular flexibility index (Phi) is 3.97. The van der Waals surface area contributed by atoms with Crippen LogP contribution in [0.2, 0.25) is 5.02 Å². The molecule has 4 rings (SSSR count). The molecule has 1 aliphatic rings. The first-order valence-corrected chi connectivity index (χ1v) is 8.47. The molecule has 2 aromatic carbocycles. The first-order chi connectivity index (χ1) is 12.5. The van der Waals surface area contributed by atoms with Crippen molar-refractivity contribution in [1.82, 2.24) is 14.8 Å². The van der Waals surface area contributed by atoms with E-state index in [1.807, 2.05) is 49.4 Å². The number of nitrogens with one attached hydrogen (secondary N) is 1. The molecule has 1 amide bonds. The molecule has 0 aliphatic carbocycles. The molecule has 0 spiro atoms. The minimum atomic E-state index is -0.491. The van der Waals surface area contributed by atoms with Crippen molar-refractivity contribution < 1.29 is 4.79 Å². The van der Waals surface area contributed by atoms with Crippen LogP contribution in [0.5, 0.6) is 0 Å². The van der Waals surface area contributed by atoms with Crippen LogP contribution in [0.4, 0.5) is 5.95 Å². The maximum Gasteiger partial charge on any atom is 0.248 e. The van der Waals surface area contributed by atoms with E-state index in [2.05, 4.69) is 15.4 Å². The third kappa shape index (κ3) is 2.74. The van der Waals surface area contributed by atoms with E-state index in [0.717, 1.165) is 11.1 Å². The molecule has 6 nitrogen and oxygen atoms in total. The van der Waals surface area contributed by atoms with E-state index in [0.29, 0.717) is 28.1 Å². The molecular weight excluding hydrogens is 350 g/mol. The zero-order valence-electron chi connectivity index (χ0n) is 14.0. The molecule has 26 heavy (non-hydrogen) atoms. The molecule has 1 aromatic heterocycles. The topological polar surface area (TPSA) is 85.8 Å². The van der Waals surface area contributed by atoms with Gasteiger partial charge < -0.3 is 11.1 Å². The predicted octanol–water partition coefficient (Wildman–Crippen LogP) is 3.37. The van der Waals surface area contributed by atoms with Gasteiger partial charge in [0.15, 0.2) is 5.82 Å². The molecule has 1 aliphatic heterocycles. The van der Waals surface area contributed by atoms with Gasteiger partial charge in [-0.3, -0.25) is 4.79 Å². The number of aromatic nitrogens is 3. The third-order valence-corrected chi connectivity index (χ3v) is 4.55. The fourth-order valence-corrected chi connectivity index (χ4v) is 3.35. The summed E-state index contributed by atoms with van der Waals surface area (Å²) in [5.41, 5.74) is 8.50. The second-order valence-corrected chi connectivity index (χ2v) is 6.49. The van der Waals surface area contributed by atoms with Crippen LogP contribution < -0.4 is 11.1 Å². The Hall–Kier alpha value is -3.12. The van der Waals surface area contributed by atoms with Crippen molar-refractivity contribution in [3.63, 3.8) is 0 Å². The number of carbonyl (C=O) groups excluding carboxylic acids is 1. The summed E-state index contributed by atoms with van der Waals surface area (Å²) >= 11 is 6.09. The number of nitrogens with two attached hydrogens (primary N) is 1. The van der Waals surface area contributed by atoms with Gasteiger partial charge in [-0.2, -0.15) is 4.98 Å². The molecule has 0 saturated heterocycles. The van der Waals surface area contributed by atoms with Crippen LogP contribution in [0.25, 0.3) is 11.4 Å². The van der Waals surface area contributed by atoms with Gasteiger partial charge in [0.2, 0.25) is 11.9 Å². The molecule has 3 aromatic rings. The van der Waals surface area contributed by atoms with Crippen LogP contribution in [0.3, 0.4) is 0 Å². The van der Waals surface area contributed by atoms with Gasteiger partial charge in [0.1, 0.15) is 6.04 Å². The van der Waals surface area contributed by atoms with Crippen molar-refractivity contribution >= 4 is 23.5 Å². The van der Waals surface area contributed by atoms with Gasteiger partial charge in [0.25, 0.3) is 0 Å². The van der Waals surface area contributed by atoms with E-state index in [1.54, 1.807) is 16.8 Å². The monoisotopic (exact) mass is 365 g/mol. The Labute approximate surface area is 155 Å². The Morgan fingerprint density at radius 2 is 1.96 bits per heavy atom. The van der Waals surface area contributed by atoms with E-state index in [-0.39, 0.29) is 0 Å². The van der Waals surface area contributed by atoms with Gasteiger partial charge >= 0.3 is 0 Å². The van der Waals surface area contributed by atoms with Crippen molar-refractivity contribution in [3.8, 4) is 11.4 Å². The van der Waals surface area contributed by atoms with Crippen LogP contribution >= 0.6 is 11.6 Å². The van der Waals surface area contributed by atoms with Crippen LogP contribution in [-0.2, 0) is 4.79 Å². The van der Waals surface area contributed by atoms with Gasteiger partial charge in [-0.1, -0.05) is 54.1 Å². The molecule has 0 unspecified atom stereocenters. The summed E-state index contributed by atoms with van der Waals surface area (Å²) in [4.78, 5) is 16.7. The fraction of sp³-hybridized carbons (Fsp3) is 0.105. The summed E-state index contributed by atoms with van der Waals surface area (Å²) in [5.74, 6) is 0.583. The number of rotatable bonds is 3. The molecule has 7 heteroatoms. The first-order valence-electron chi connectivity index (χ1n) is 8.09. The van der Waals surface area contributed by atoms with Crippen LogP contribution in [0.15, 0.2) is 65.9 Å². The van der Waals surface area contributed by atoms with Gasteiger partial charge in [-0.15, -0.1) is 5.10 Å². The molecule has 3 N–H and O–H groups in total. The number of primary amides is 1. The largest absolute Gasteiger partial charge is 0.366 e. The number of amides is 1. The Morgan fingerprint density at radius 3 is 2.65 bits per heavy atom. The average Bonchev–Trinajstić information content (AvgIpc) is 3.04. The van der Waals surface area contributed by atoms with Crippen molar-refractivity contribution in [2.24, 2.45) is 5.73 Å². The Morgan fingerprint density at radius 1 is 1.19 bits per heavy atom. The molecule has 2 heterocycles. The summed E-state index contributed by atoms with van der Waals surface area (Å²) in [6.07, 6.45) is 0. The number of anilines is 1. The highest BCUT2D eigenvalue weighted by Gasteiger charge is 2.33. The third-order valence-electron chi connectivity index (χ3n) is 4.32. The summed E-state index contributed by atoms with van der Waals surface area (Å²) in [7, 11) is 0. The lowest BCUT2D eigenvalue weighted by atomic mass is 9.95. The number of benzene rings is 2. The van der Waals surface area contributed by atoms with E-state index in [1.165, 1.54) is 0 Å². The first kappa shape index (κ1) is 16.4. The van der Waals surface area contributed by atoms with Crippen molar-refractivity contribution in [1.29, 1.82) is 0 Å². The lowest BCUT2D eigenvalue weighted by Gasteiger charge is -2.27. The number of fused-ring (bicyclic) bond motifs is 1. The molecule has 0 radical (unpaired) electrons. The van der Waals surface area contributed by atoms with E-state index in [4.69, 9.17) is 17.3 Å².